The van der Waals surface area contributed by atoms with Crippen LogP contribution in [-0.2, 0) is 0 Å². The summed E-state index contributed by atoms with van der Waals surface area (Å²) in [6, 6.07) is 91.5. The molecule has 3 heteroatoms. The average Bonchev–Trinajstić information content (AvgIpc) is 4.15. The van der Waals surface area contributed by atoms with Gasteiger partial charge in [-0.3, -0.25) is 0 Å². The van der Waals surface area contributed by atoms with Crippen LogP contribution in [0.25, 0.3) is 138 Å². The van der Waals surface area contributed by atoms with Crippen LogP contribution in [0.1, 0.15) is 0 Å². The number of aromatic nitrogens is 3. The minimum atomic E-state index is 1.18. The Balaban J connectivity index is 0.725. The predicted octanol–water partition coefficient (Wildman–Crippen LogP) is 17.7. The molecule has 0 spiro atoms. The van der Waals surface area contributed by atoms with Gasteiger partial charge >= 0.3 is 0 Å². The molecule has 0 saturated carbocycles. The molecule has 15 aromatic rings. The highest BCUT2D eigenvalue weighted by molar-refractivity contribution is 6.24. The monoisotopic (exact) mass is 875 g/mol. The minimum Gasteiger partial charge on any atom is -0.309 e. The number of fused-ring (bicyclic) bond motifs is 12. The number of hydrogen-bond donors (Lipinski definition) is 0. The summed E-state index contributed by atoms with van der Waals surface area (Å²) < 4.78 is 7.28. The SMILES string of the molecule is c1ccc(-n2c3ccccc3c3cc(-c4ccc(-c5ccc(-c6ccc(-c7ccc8c(c7)c7ccccc7n8-c7cc8c9ccccc9n9c%10ccccc%10c(c7)c89)cc6)cc5)cc4)ccc32)cc1. The van der Waals surface area contributed by atoms with Crippen molar-refractivity contribution < 1.29 is 0 Å². The molecule has 0 aliphatic rings. The normalized spacial score (nSPS) is 12.1. The average molecular weight is 876 g/mol. The van der Waals surface area contributed by atoms with Gasteiger partial charge in [-0.15, -0.1) is 0 Å². The van der Waals surface area contributed by atoms with Crippen molar-refractivity contribution in [3.63, 3.8) is 0 Å². The van der Waals surface area contributed by atoms with Crippen molar-refractivity contribution in [2.45, 2.75) is 0 Å². The molecule has 69 heavy (non-hydrogen) atoms. The lowest BCUT2D eigenvalue weighted by Gasteiger charge is -2.10. The summed E-state index contributed by atoms with van der Waals surface area (Å²) in [6.07, 6.45) is 0. The fourth-order valence-electron chi connectivity index (χ4n) is 11.6. The van der Waals surface area contributed by atoms with Gasteiger partial charge in [0.25, 0.3) is 0 Å². The van der Waals surface area contributed by atoms with Crippen LogP contribution in [0.2, 0.25) is 0 Å². The third-order valence-corrected chi connectivity index (χ3v) is 14.8. The molecular formula is C66H41N3. The number of benzene rings is 11. The van der Waals surface area contributed by atoms with E-state index in [0.717, 1.165) is 0 Å². The molecule has 0 bridgehead atoms. The summed E-state index contributed by atoms with van der Waals surface area (Å²) in [4.78, 5) is 0. The second-order valence-electron chi connectivity index (χ2n) is 18.5. The Morgan fingerprint density at radius 1 is 0.188 bits per heavy atom. The third kappa shape index (κ3) is 5.68. The third-order valence-electron chi connectivity index (χ3n) is 14.8. The highest BCUT2D eigenvalue weighted by atomic mass is 15.0. The first kappa shape index (κ1) is 38.0. The van der Waals surface area contributed by atoms with E-state index in [1.54, 1.807) is 0 Å². The zero-order valence-electron chi connectivity index (χ0n) is 37.5. The van der Waals surface area contributed by atoms with E-state index < -0.39 is 0 Å². The molecule has 0 saturated heterocycles. The predicted molar refractivity (Wildman–Crippen MR) is 292 cm³/mol. The fraction of sp³-hybridized carbons (Fsp3) is 0. The highest BCUT2D eigenvalue weighted by Gasteiger charge is 2.21. The Kier molecular flexibility index (Phi) is 8.07. The van der Waals surface area contributed by atoms with Gasteiger partial charge in [-0.05, 0) is 117 Å². The standard InChI is InChI=1S/C66H41N3/c1-2-12-50(13-3-1)67-60-18-8-4-14-52(60)56-38-48(34-36-64(56)67)46-30-26-44(27-31-46)42-22-24-43(25-23-42)45-28-32-47(33-29-45)49-35-37-65-57(39-49)53-15-5-9-19-61(53)68(65)51-40-58-54-16-6-10-20-62(54)69-63-21-11-7-17-55(63)59(41-51)66(58)69/h1-41H. The van der Waals surface area contributed by atoms with Gasteiger partial charge in [-0.25, -0.2) is 0 Å². The van der Waals surface area contributed by atoms with E-state index in [4.69, 9.17) is 0 Å². The van der Waals surface area contributed by atoms with E-state index in [2.05, 4.69) is 262 Å². The second-order valence-corrected chi connectivity index (χ2v) is 18.5. The lowest BCUT2D eigenvalue weighted by Crippen LogP contribution is -1.94. The van der Waals surface area contributed by atoms with Crippen molar-refractivity contribution in [2.24, 2.45) is 0 Å². The topological polar surface area (TPSA) is 14.3 Å². The molecular weight excluding hydrogens is 835 g/mol. The first-order valence-corrected chi connectivity index (χ1v) is 23.8. The van der Waals surface area contributed by atoms with Gasteiger partial charge in [-0.1, -0.05) is 176 Å². The van der Waals surface area contributed by atoms with Crippen LogP contribution < -0.4 is 0 Å². The van der Waals surface area contributed by atoms with E-state index in [1.807, 2.05) is 0 Å². The summed E-state index contributed by atoms with van der Waals surface area (Å²) in [6.45, 7) is 0. The van der Waals surface area contributed by atoms with Crippen molar-refractivity contribution >= 4 is 81.7 Å². The Hall–Kier alpha value is -9.18. The Morgan fingerprint density at radius 2 is 0.493 bits per heavy atom. The number of rotatable bonds is 6. The lowest BCUT2D eigenvalue weighted by molar-refractivity contribution is 1.18. The van der Waals surface area contributed by atoms with E-state index >= 15 is 0 Å². The second kappa shape index (κ2) is 14.7. The van der Waals surface area contributed by atoms with Crippen molar-refractivity contribution in [1.29, 1.82) is 0 Å². The van der Waals surface area contributed by atoms with Gasteiger partial charge in [0.2, 0.25) is 0 Å². The van der Waals surface area contributed by atoms with Crippen LogP contribution in [0.3, 0.4) is 0 Å². The molecule has 0 amide bonds. The lowest BCUT2D eigenvalue weighted by atomic mass is 9.96. The molecule has 0 aliphatic carbocycles. The zero-order valence-corrected chi connectivity index (χ0v) is 37.5. The van der Waals surface area contributed by atoms with Crippen molar-refractivity contribution in [3.05, 3.63) is 249 Å². The van der Waals surface area contributed by atoms with Crippen LogP contribution in [0.4, 0.5) is 0 Å². The largest absolute Gasteiger partial charge is 0.309 e. The molecule has 320 valence electrons. The quantitative estimate of drug-likeness (QED) is 0.158. The van der Waals surface area contributed by atoms with Crippen molar-refractivity contribution in [3.8, 4) is 55.9 Å². The van der Waals surface area contributed by atoms with Gasteiger partial charge in [0.1, 0.15) is 0 Å². The zero-order chi connectivity index (χ0) is 45.2. The van der Waals surface area contributed by atoms with Crippen LogP contribution in [0.5, 0.6) is 0 Å². The van der Waals surface area contributed by atoms with Crippen LogP contribution in [-0.4, -0.2) is 13.5 Å². The maximum Gasteiger partial charge on any atom is 0.0622 e. The molecule has 0 radical (unpaired) electrons. The number of nitrogens with zero attached hydrogens (tertiary/aromatic N) is 3. The summed E-state index contributed by atoms with van der Waals surface area (Å²) in [5.74, 6) is 0. The summed E-state index contributed by atoms with van der Waals surface area (Å²) in [7, 11) is 0. The first-order chi connectivity index (χ1) is 34.2. The summed E-state index contributed by atoms with van der Waals surface area (Å²) >= 11 is 0. The first-order valence-electron chi connectivity index (χ1n) is 23.8. The van der Waals surface area contributed by atoms with E-state index in [0.29, 0.717) is 0 Å². The molecule has 0 aliphatic heterocycles. The number of para-hydroxylation sites is 5. The molecule has 11 aromatic carbocycles. The molecule has 0 unspecified atom stereocenters. The van der Waals surface area contributed by atoms with Gasteiger partial charge < -0.3 is 13.5 Å². The number of hydrogen-bond acceptors (Lipinski definition) is 0. The molecule has 4 aromatic heterocycles. The molecule has 0 atom stereocenters. The van der Waals surface area contributed by atoms with Gasteiger partial charge in [-0.2, -0.15) is 0 Å². The smallest absolute Gasteiger partial charge is 0.0622 e. The Morgan fingerprint density at radius 3 is 0.913 bits per heavy atom. The van der Waals surface area contributed by atoms with Crippen LogP contribution in [0, 0.1) is 0 Å². The van der Waals surface area contributed by atoms with E-state index in [9.17, 15) is 0 Å². The van der Waals surface area contributed by atoms with Crippen LogP contribution >= 0.6 is 0 Å². The highest BCUT2D eigenvalue weighted by Crippen LogP contribution is 2.43. The van der Waals surface area contributed by atoms with Gasteiger partial charge in [0.15, 0.2) is 0 Å². The van der Waals surface area contributed by atoms with Gasteiger partial charge in [0.05, 0.1) is 38.6 Å². The van der Waals surface area contributed by atoms with Gasteiger partial charge in [0, 0.05) is 54.5 Å². The van der Waals surface area contributed by atoms with E-state index in [-0.39, 0.29) is 0 Å². The maximum absolute atomic E-state index is 2.46. The molecule has 4 heterocycles. The van der Waals surface area contributed by atoms with Crippen molar-refractivity contribution in [1.82, 2.24) is 13.5 Å². The van der Waals surface area contributed by atoms with Crippen LogP contribution in [0.15, 0.2) is 249 Å². The maximum atomic E-state index is 2.46. The van der Waals surface area contributed by atoms with Crippen molar-refractivity contribution in [2.75, 3.05) is 0 Å². The summed E-state index contributed by atoms with van der Waals surface area (Å²) in [5.41, 5.74) is 20.7. The Labute approximate surface area is 397 Å². The fourth-order valence-corrected chi connectivity index (χ4v) is 11.6. The molecule has 3 nitrogen and oxygen atoms in total. The Bertz CT molecular complexity index is 4410. The minimum absolute atomic E-state index is 1.18. The molecule has 0 N–H and O–H groups in total. The molecule has 0 fully saturated rings. The molecule has 15 rings (SSSR count). The summed E-state index contributed by atoms with van der Waals surface area (Å²) in [5, 5.41) is 10.2. The van der Waals surface area contributed by atoms with E-state index in [1.165, 1.54) is 138 Å².